The highest BCUT2D eigenvalue weighted by Crippen LogP contribution is 2.45. The molecule has 0 aromatic carbocycles. The number of tetrazole rings is 1. The largest absolute Gasteiger partial charge is 0.477 e. The number of β-lactam (4-membered cyclic amide) rings is 1. The summed E-state index contributed by atoms with van der Waals surface area (Å²) in [5, 5.41) is 19.2. The normalized spacial score (nSPS) is 21.7. The Kier molecular flexibility index (Phi) is 5.56. The molecule has 14 heteroatoms. The van der Waals surface area contributed by atoms with Gasteiger partial charge in [-0.1, -0.05) is 18.3 Å². The van der Waals surface area contributed by atoms with Gasteiger partial charge in [-0.2, -0.15) is 0 Å². The fourth-order valence-electron chi connectivity index (χ4n) is 2.99. The summed E-state index contributed by atoms with van der Waals surface area (Å²) >= 11 is 0.986. The first-order valence-corrected chi connectivity index (χ1v) is 11.3. The number of amides is 1. The molecule has 0 unspecified atom stereocenters. The van der Waals surface area contributed by atoms with Crippen molar-refractivity contribution in [2.45, 2.75) is 36.9 Å². The zero-order valence-corrected chi connectivity index (χ0v) is 18.7. The predicted molar refractivity (Wildman–Crippen MR) is 107 cm³/mol. The van der Waals surface area contributed by atoms with Gasteiger partial charge in [-0.15, -0.1) is 5.10 Å². The van der Waals surface area contributed by atoms with Crippen LogP contribution in [0.2, 0.25) is 0 Å². The molecule has 0 spiro atoms. The molecule has 1 saturated heterocycles. The molecule has 3 heterocycles. The Balaban J connectivity index is 2.01. The first-order chi connectivity index (χ1) is 14.3. The second kappa shape index (κ2) is 7.60. The van der Waals surface area contributed by atoms with E-state index in [1.807, 2.05) is 0 Å². The molecule has 0 bridgehead atoms. The maximum Gasteiger partial charge on any atom is 0.353 e. The standard InChI is InChI=1S/C17H19N5O7S2/c1-8-10(7-30-16-18-19-20-21(16)5)12(15(25)26)22-13(24)9(14(22)31(8,27)28)6-11(23)29-17(2,3)4/h6,14H,1,7H2,2-5H3,(H,25,26)/b9-6-/t14-/m1/s1. The van der Waals surface area contributed by atoms with E-state index in [1.54, 1.807) is 27.8 Å². The lowest BCUT2D eigenvalue weighted by Gasteiger charge is -2.45. The zero-order chi connectivity index (χ0) is 23.3. The number of thioether (sulfide) groups is 1. The summed E-state index contributed by atoms with van der Waals surface area (Å²) in [4.78, 5) is 36.9. The van der Waals surface area contributed by atoms with Crippen molar-refractivity contribution in [3.05, 3.63) is 34.4 Å². The lowest BCUT2D eigenvalue weighted by atomic mass is 10.0. The highest BCUT2D eigenvalue weighted by molar-refractivity contribution is 7.99. The summed E-state index contributed by atoms with van der Waals surface area (Å²) in [7, 11) is -2.69. The Labute approximate surface area is 181 Å². The van der Waals surface area contributed by atoms with E-state index in [9.17, 15) is 27.9 Å². The third-order valence-corrected chi connectivity index (χ3v) is 7.30. The molecule has 3 rings (SSSR count). The first-order valence-electron chi connectivity index (χ1n) is 8.78. The summed E-state index contributed by atoms with van der Waals surface area (Å²) in [6, 6.07) is 0. The number of aromatic nitrogens is 4. The van der Waals surface area contributed by atoms with E-state index in [2.05, 4.69) is 22.1 Å². The second-order valence-corrected chi connectivity index (χ2v) is 10.6. The molecule has 1 atom stereocenters. The lowest BCUT2D eigenvalue weighted by molar-refractivity contribution is -0.149. The van der Waals surface area contributed by atoms with Crippen LogP contribution < -0.4 is 0 Å². The molecular weight excluding hydrogens is 450 g/mol. The molecule has 31 heavy (non-hydrogen) atoms. The van der Waals surface area contributed by atoms with E-state index >= 15 is 0 Å². The van der Waals surface area contributed by atoms with Gasteiger partial charge in [0.25, 0.3) is 5.91 Å². The van der Waals surface area contributed by atoms with Crippen LogP contribution in [0.1, 0.15) is 20.8 Å². The molecule has 1 aromatic heterocycles. The van der Waals surface area contributed by atoms with Crippen LogP contribution in [0.25, 0.3) is 0 Å². The highest BCUT2D eigenvalue weighted by Gasteiger charge is 2.58. The summed E-state index contributed by atoms with van der Waals surface area (Å²) in [5.41, 5.74) is -1.90. The molecule has 2 aliphatic heterocycles. The van der Waals surface area contributed by atoms with Crippen molar-refractivity contribution in [2.24, 2.45) is 7.05 Å². The number of ether oxygens (including phenoxy) is 1. The van der Waals surface area contributed by atoms with Crippen LogP contribution in [0.15, 0.2) is 39.6 Å². The van der Waals surface area contributed by atoms with Gasteiger partial charge < -0.3 is 9.84 Å². The number of rotatable bonds is 5. The predicted octanol–water partition coefficient (Wildman–Crippen LogP) is 0.0194. The van der Waals surface area contributed by atoms with E-state index in [-0.39, 0.29) is 16.9 Å². The van der Waals surface area contributed by atoms with E-state index in [0.717, 1.165) is 17.8 Å². The van der Waals surface area contributed by atoms with Gasteiger partial charge in [0.2, 0.25) is 15.0 Å². The molecule has 1 amide bonds. The summed E-state index contributed by atoms with van der Waals surface area (Å²) in [6.45, 7) is 8.39. The van der Waals surface area contributed by atoms with Crippen LogP contribution in [-0.4, -0.2) is 73.2 Å². The minimum Gasteiger partial charge on any atom is -0.477 e. The Morgan fingerprint density at radius 1 is 1.35 bits per heavy atom. The SMILES string of the molecule is C=C1C(CSc2nnnn2C)=C(C(=O)O)N2C(=O)/C(=C/C(=O)OC(C)(C)C)[C@H]2S1(=O)=O. The fraction of sp³-hybridized carbons (Fsp3) is 0.412. The fourth-order valence-corrected chi connectivity index (χ4v) is 5.74. The van der Waals surface area contributed by atoms with Gasteiger partial charge in [0.1, 0.15) is 11.3 Å². The minimum atomic E-state index is -4.25. The summed E-state index contributed by atoms with van der Waals surface area (Å²) < 4.78 is 32.5. The van der Waals surface area contributed by atoms with Crippen LogP contribution in [-0.2, 0) is 36.0 Å². The topological polar surface area (TPSA) is 162 Å². The van der Waals surface area contributed by atoms with Gasteiger partial charge in [0.05, 0.1) is 10.5 Å². The van der Waals surface area contributed by atoms with Crippen molar-refractivity contribution in [1.82, 2.24) is 25.1 Å². The van der Waals surface area contributed by atoms with Crippen molar-refractivity contribution in [3.63, 3.8) is 0 Å². The summed E-state index contributed by atoms with van der Waals surface area (Å²) in [5.74, 6) is -3.48. The number of sulfone groups is 1. The number of aliphatic carboxylic acids is 1. The van der Waals surface area contributed by atoms with Crippen molar-refractivity contribution in [1.29, 1.82) is 0 Å². The molecule has 2 aliphatic rings. The Morgan fingerprint density at radius 2 is 2.00 bits per heavy atom. The van der Waals surface area contributed by atoms with Crippen molar-refractivity contribution >= 4 is 39.4 Å². The van der Waals surface area contributed by atoms with Crippen LogP contribution in [0.5, 0.6) is 0 Å². The van der Waals surface area contributed by atoms with E-state index in [0.29, 0.717) is 10.1 Å². The maximum absolute atomic E-state index is 13.0. The lowest BCUT2D eigenvalue weighted by Crippen LogP contribution is -2.62. The number of esters is 1. The molecule has 1 fully saturated rings. The third kappa shape index (κ3) is 3.99. The van der Waals surface area contributed by atoms with Gasteiger partial charge in [-0.05, 0) is 31.2 Å². The summed E-state index contributed by atoms with van der Waals surface area (Å²) in [6.07, 6.45) is 0.782. The number of hydrogen-bond acceptors (Lipinski definition) is 10. The molecule has 0 radical (unpaired) electrons. The van der Waals surface area contributed by atoms with Gasteiger partial charge in [-0.25, -0.2) is 22.7 Å². The Morgan fingerprint density at radius 3 is 2.52 bits per heavy atom. The van der Waals surface area contributed by atoms with Crippen molar-refractivity contribution in [2.75, 3.05) is 5.75 Å². The molecule has 166 valence electrons. The monoisotopic (exact) mass is 469 g/mol. The number of carbonyl (C=O) groups excluding carboxylic acids is 2. The minimum absolute atomic E-state index is 0.151. The first kappa shape index (κ1) is 22.7. The average Bonchev–Trinajstić information content (AvgIpc) is 3.03. The number of allylic oxidation sites excluding steroid dienone is 1. The van der Waals surface area contributed by atoms with Gasteiger partial charge in [-0.3, -0.25) is 9.69 Å². The van der Waals surface area contributed by atoms with E-state index in [4.69, 9.17) is 4.74 Å². The number of hydrogen-bond donors (Lipinski definition) is 1. The Bertz CT molecular complexity index is 1170. The van der Waals surface area contributed by atoms with E-state index in [1.165, 1.54) is 4.68 Å². The number of nitrogens with zero attached hydrogens (tertiary/aromatic N) is 5. The van der Waals surface area contributed by atoms with Crippen LogP contribution in [0.4, 0.5) is 0 Å². The van der Waals surface area contributed by atoms with Crippen molar-refractivity contribution < 1.29 is 32.6 Å². The molecule has 0 aliphatic carbocycles. The Hall–Kier alpha value is -3.00. The second-order valence-electron chi connectivity index (χ2n) is 7.63. The van der Waals surface area contributed by atoms with Crippen LogP contribution in [0.3, 0.4) is 0 Å². The number of aryl methyl sites for hydroxylation is 1. The van der Waals surface area contributed by atoms with Gasteiger partial charge in [0, 0.05) is 24.4 Å². The molecule has 1 N–H and O–H groups in total. The third-order valence-electron chi connectivity index (χ3n) is 4.28. The maximum atomic E-state index is 13.0. The molecule has 0 saturated carbocycles. The number of carbonyl (C=O) groups is 3. The van der Waals surface area contributed by atoms with Gasteiger partial charge >= 0.3 is 11.9 Å². The average molecular weight is 470 g/mol. The van der Waals surface area contributed by atoms with E-state index < -0.39 is 49.3 Å². The van der Waals surface area contributed by atoms with Crippen molar-refractivity contribution in [3.8, 4) is 0 Å². The van der Waals surface area contributed by atoms with Gasteiger partial charge in [0.15, 0.2) is 5.37 Å². The smallest absolute Gasteiger partial charge is 0.353 e. The molecule has 12 nitrogen and oxygen atoms in total. The number of carboxylic acid groups (broad SMARTS) is 1. The van der Waals surface area contributed by atoms with Crippen LogP contribution >= 0.6 is 11.8 Å². The quantitative estimate of drug-likeness (QED) is 0.268. The zero-order valence-electron chi connectivity index (χ0n) is 17.0. The number of carboxylic acids is 1. The van der Waals surface area contributed by atoms with Crippen LogP contribution in [0, 0.1) is 0 Å². The molecular formula is C17H19N5O7S2. The molecule has 1 aromatic rings. The number of fused-ring (bicyclic) bond motifs is 1. The highest BCUT2D eigenvalue weighted by atomic mass is 32.2.